The first-order valence-corrected chi connectivity index (χ1v) is 13.3. The van der Waals surface area contributed by atoms with Gasteiger partial charge in [-0.05, 0) is 68.3 Å². The van der Waals surface area contributed by atoms with Gasteiger partial charge in [0.15, 0.2) is 0 Å². The summed E-state index contributed by atoms with van der Waals surface area (Å²) in [5.74, 6) is -1.74. The zero-order valence-corrected chi connectivity index (χ0v) is 21.4. The van der Waals surface area contributed by atoms with Crippen molar-refractivity contribution in [1.82, 2.24) is 14.8 Å². The van der Waals surface area contributed by atoms with Crippen LogP contribution >= 0.6 is 0 Å². The molecule has 1 saturated heterocycles. The number of hydrogen-bond acceptors (Lipinski definition) is 3. The SMILES string of the molecule is Cc1c(C=C2C(=O)Nc3cccc(-c4c(F)cccc4F)c32)[nH]c2c1C(=O)N(CCN1CCCCC1)CC2. The van der Waals surface area contributed by atoms with E-state index in [2.05, 4.69) is 15.2 Å². The molecule has 0 saturated carbocycles. The maximum atomic E-state index is 14.7. The normalized spacial score (nSPS) is 18.6. The molecule has 4 heterocycles. The molecule has 3 aliphatic rings. The quantitative estimate of drug-likeness (QED) is 0.456. The van der Waals surface area contributed by atoms with Crippen molar-refractivity contribution in [3.8, 4) is 11.1 Å². The van der Waals surface area contributed by atoms with E-state index in [0.29, 0.717) is 53.2 Å². The summed E-state index contributed by atoms with van der Waals surface area (Å²) in [4.78, 5) is 34.2. The van der Waals surface area contributed by atoms with Crippen molar-refractivity contribution >= 4 is 29.2 Å². The minimum atomic E-state index is -0.696. The Bertz CT molecular complexity index is 1450. The molecule has 1 fully saturated rings. The van der Waals surface area contributed by atoms with Gasteiger partial charge in [0.1, 0.15) is 11.6 Å². The van der Waals surface area contributed by atoms with Crippen molar-refractivity contribution in [3.63, 3.8) is 0 Å². The summed E-state index contributed by atoms with van der Waals surface area (Å²) in [6.07, 6.45) is 6.12. The van der Waals surface area contributed by atoms with Gasteiger partial charge in [-0.1, -0.05) is 24.6 Å². The molecule has 0 atom stereocenters. The first-order chi connectivity index (χ1) is 18.4. The van der Waals surface area contributed by atoms with Crippen LogP contribution in [0.1, 0.15) is 52.1 Å². The minimum Gasteiger partial charge on any atom is -0.358 e. The Morgan fingerprint density at radius 2 is 1.63 bits per heavy atom. The van der Waals surface area contributed by atoms with E-state index >= 15 is 0 Å². The third kappa shape index (κ3) is 4.22. The summed E-state index contributed by atoms with van der Waals surface area (Å²) in [6.45, 7) is 6.30. The van der Waals surface area contributed by atoms with Crippen molar-refractivity contribution in [2.45, 2.75) is 32.6 Å². The van der Waals surface area contributed by atoms with Crippen LogP contribution in [0.15, 0.2) is 36.4 Å². The molecule has 2 N–H and O–H groups in total. The minimum absolute atomic E-state index is 0.00653. The standard InChI is InChI=1S/C30H30F2N4O2/c1-18-25(33-24-11-14-36(30(38)26(18)24)16-15-35-12-3-2-4-13-35)17-20-27-19(7-5-10-23(27)34-29(20)37)28-21(31)8-6-9-22(28)32/h5-10,17,33H,2-4,11-16H2,1H3,(H,34,37). The predicted octanol–water partition coefficient (Wildman–Crippen LogP) is 5.25. The fourth-order valence-electron chi connectivity index (χ4n) is 5.96. The summed E-state index contributed by atoms with van der Waals surface area (Å²) >= 11 is 0. The first kappa shape index (κ1) is 24.6. The van der Waals surface area contributed by atoms with E-state index in [1.54, 1.807) is 24.3 Å². The Morgan fingerprint density at radius 3 is 2.39 bits per heavy atom. The van der Waals surface area contributed by atoms with E-state index in [1.165, 1.54) is 37.5 Å². The Hall–Kier alpha value is -3.78. The molecule has 2 amide bonds. The van der Waals surface area contributed by atoms with Gasteiger partial charge < -0.3 is 20.1 Å². The lowest BCUT2D eigenvalue weighted by Gasteiger charge is -2.32. The van der Waals surface area contributed by atoms with E-state index in [0.717, 1.165) is 30.9 Å². The fraction of sp³-hybridized carbons (Fsp3) is 0.333. The molecular formula is C30H30F2N4O2. The Labute approximate surface area is 220 Å². The number of H-pyrrole nitrogens is 1. The number of nitrogens with one attached hydrogen (secondary N) is 2. The van der Waals surface area contributed by atoms with Crippen molar-refractivity contribution in [2.24, 2.45) is 0 Å². The molecular weight excluding hydrogens is 486 g/mol. The largest absolute Gasteiger partial charge is 0.358 e. The number of piperidine rings is 1. The topological polar surface area (TPSA) is 68.4 Å². The summed E-state index contributed by atoms with van der Waals surface area (Å²) < 4.78 is 29.4. The number of rotatable bonds is 5. The average Bonchev–Trinajstić information content (AvgIpc) is 3.40. The van der Waals surface area contributed by atoms with E-state index < -0.39 is 11.6 Å². The number of carbonyl (C=O) groups excluding carboxylic acids is 2. The van der Waals surface area contributed by atoms with Crippen LogP contribution in [0.25, 0.3) is 22.8 Å². The molecule has 3 aliphatic heterocycles. The van der Waals surface area contributed by atoms with Crippen molar-refractivity contribution in [2.75, 3.05) is 38.0 Å². The summed E-state index contributed by atoms with van der Waals surface area (Å²) in [7, 11) is 0. The van der Waals surface area contributed by atoms with Crippen molar-refractivity contribution in [1.29, 1.82) is 0 Å². The zero-order valence-electron chi connectivity index (χ0n) is 21.4. The number of benzene rings is 2. The molecule has 6 nitrogen and oxygen atoms in total. The molecule has 0 spiro atoms. The molecule has 38 heavy (non-hydrogen) atoms. The second-order valence-corrected chi connectivity index (χ2v) is 10.3. The van der Waals surface area contributed by atoms with Gasteiger partial charge in [0, 0.05) is 48.7 Å². The predicted molar refractivity (Wildman–Crippen MR) is 144 cm³/mol. The number of aromatic amines is 1. The zero-order chi connectivity index (χ0) is 26.4. The molecule has 3 aromatic rings. The monoisotopic (exact) mass is 516 g/mol. The van der Waals surface area contributed by atoms with Crippen LogP contribution in [-0.2, 0) is 11.2 Å². The maximum absolute atomic E-state index is 14.7. The number of likely N-dealkylation sites (tertiary alicyclic amines) is 1. The van der Waals surface area contributed by atoms with Crippen molar-refractivity contribution < 1.29 is 18.4 Å². The summed E-state index contributed by atoms with van der Waals surface area (Å²) in [5, 5.41) is 2.82. The summed E-state index contributed by atoms with van der Waals surface area (Å²) in [5.41, 5.74) is 4.33. The van der Waals surface area contributed by atoms with Crippen LogP contribution in [0.3, 0.4) is 0 Å². The Morgan fingerprint density at radius 1 is 0.895 bits per heavy atom. The second-order valence-electron chi connectivity index (χ2n) is 10.3. The molecule has 0 bridgehead atoms. The van der Waals surface area contributed by atoms with Gasteiger partial charge in [-0.25, -0.2) is 8.78 Å². The third-order valence-electron chi connectivity index (χ3n) is 7.98. The highest BCUT2D eigenvalue weighted by molar-refractivity contribution is 6.36. The Kier molecular flexibility index (Phi) is 6.35. The van der Waals surface area contributed by atoms with Crippen LogP contribution in [0.5, 0.6) is 0 Å². The number of anilines is 1. The van der Waals surface area contributed by atoms with Gasteiger partial charge in [-0.2, -0.15) is 0 Å². The average molecular weight is 517 g/mol. The smallest absolute Gasteiger partial charge is 0.256 e. The van der Waals surface area contributed by atoms with Crippen LogP contribution < -0.4 is 5.32 Å². The molecule has 0 radical (unpaired) electrons. The van der Waals surface area contributed by atoms with Gasteiger partial charge in [-0.3, -0.25) is 9.59 Å². The lowest BCUT2D eigenvalue weighted by molar-refractivity contribution is -0.110. The lowest BCUT2D eigenvalue weighted by atomic mass is 9.93. The third-order valence-corrected chi connectivity index (χ3v) is 7.98. The highest BCUT2D eigenvalue weighted by Crippen LogP contribution is 2.42. The van der Waals surface area contributed by atoms with Crippen LogP contribution in [0.2, 0.25) is 0 Å². The van der Waals surface area contributed by atoms with Crippen LogP contribution in [-0.4, -0.2) is 59.3 Å². The van der Waals surface area contributed by atoms with Gasteiger partial charge in [-0.15, -0.1) is 0 Å². The van der Waals surface area contributed by atoms with Crippen LogP contribution in [0, 0.1) is 18.6 Å². The molecule has 196 valence electrons. The highest BCUT2D eigenvalue weighted by Gasteiger charge is 2.32. The molecule has 6 rings (SSSR count). The number of fused-ring (bicyclic) bond motifs is 2. The highest BCUT2D eigenvalue weighted by atomic mass is 19.1. The van der Waals surface area contributed by atoms with Gasteiger partial charge >= 0.3 is 0 Å². The number of hydrogen-bond donors (Lipinski definition) is 2. The molecule has 0 aliphatic carbocycles. The van der Waals surface area contributed by atoms with E-state index in [9.17, 15) is 18.4 Å². The number of amides is 2. The number of halogens is 2. The van der Waals surface area contributed by atoms with Crippen LogP contribution in [0.4, 0.5) is 14.5 Å². The van der Waals surface area contributed by atoms with Gasteiger partial charge in [0.2, 0.25) is 0 Å². The van der Waals surface area contributed by atoms with E-state index in [-0.39, 0.29) is 17.4 Å². The molecule has 0 unspecified atom stereocenters. The number of aromatic nitrogens is 1. The number of nitrogens with zero attached hydrogens (tertiary/aromatic N) is 2. The summed E-state index contributed by atoms with van der Waals surface area (Å²) in [6, 6.07) is 8.72. The van der Waals surface area contributed by atoms with Gasteiger partial charge in [0.25, 0.3) is 11.8 Å². The second kappa shape index (κ2) is 9.83. The Balaban J connectivity index is 1.33. The fourth-order valence-corrected chi connectivity index (χ4v) is 5.96. The van der Waals surface area contributed by atoms with E-state index in [1.807, 2.05) is 11.8 Å². The van der Waals surface area contributed by atoms with E-state index in [4.69, 9.17) is 0 Å². The van der Waals surface area contributed by atoms with Crippen molar-refractivity contribution in [3.05, 3.63) is 76.1 Å². The molecule has 8 heteroatoms. The van der Waals surface area contributed by atoms with Gasteiger partial charge in [0.05, 0.1) is 16.7 Å². The molecule has 2 aromatic carbocycles. The number of carbonyl (C=O) groups is 2. The molecule has 1 aromatic heterocycles. The first-order valence-electron chi connectivity index (χ1n) is 13.3. The maximum Gasteiger partial charge on any atom is 0.256 e. The lowest BCUT2D eigenvalue weighted by Crippen LogP contribution is -2.43.